The quantitative estimate of drug-likeness (QED) is 0.360. The van der Waals surface area contributed by atoms with Crippen LogP contribution < -0.4 is 4.74 Å². The second-order valence-electron chi connectivity index (χ2n) is 8.10. The van der Waals surface area contributed by atoms with E-state index in [1.165, 1.54) is 6.08 Å². The average Bonchev–Trinajstić information content (AvgIpc) is 2.79. The molecule has 0 aliphatic heterocycles. The monoisotopic (exact) mass is 432 g/mol. The summed E-state index contributed by atoms with van der Waals surface area (Å²) in [5, 5.41) is 0. The minimum absolute atomic E-state index is 0.103. The maximum absolute atomic E-state index is 12.2. The molecule has 0 heterocycles. The molecule has 166 valence electrons. The molecule has 0 saturated heterocycles. The maximum atomic E-state index is 12.2. The number of ether oxygens (including phenoxy) is 3. The Hall–Kier alpha value is -3.62. The molecule has 0 spiro atoms. The zero-order chi connectivity index (χ0) is 23.4. The van der Waals surface area contributed by atoms with Crippen molar-refractivity contribution < 1.29 is 23.8 Å². The van der Waals surface area contributed by atoms with Gasteiger partial charge in [0.2, 0.25) is 0 Å². The lowest BCUT2D eigenvalue weighted by atomic mass is 9.90. The summed E-state index contributed by atoms with van der Waals surface area (Å²) in [5.41, 5.74) is 0.353. The van der Waals surface area contributed by atoms with E-state index in [4.69, 9.17) is 20.6 Å². The van der Waals surface area contributed by atoms with Crippen molar-refractivity contribution in [2.24, 2.45) is 5.41 Å². The molecule has 0 amide bonds. The minimum atomic E-state index is -0.470. The number of esters is 2. The molecule has 32 heavy (non-hydrogen) atoms. The first-order valence-electron chi connectivity index (χ1n) is 10.7. The lowest BCUT2D eigenvalue weighted by Crippen LogP contribution is -2.34. The van der Waals surface area contributed by atoms with Crippen LogP contribution in [0, 0.1) is 41.6 Å². The smallest absolute Gasteiger partial charge is 0.331 e. The van der Waals surface area contributed by atoms with Crippen molar-refractivity contribution in [3.63, 3.8) is 0 Å². The topological polar surface area (TPSA) is 61.8 Å². The zero-order valence-electron chi connectivity index (χ0n) is 18.8. The van der Waals surface area contributed by atoms with E-state index >= 15 is 0 Å². The van der Waals surface area contributed by atoms with Gasteiger partial charge >= 0.3 is 11.9 Å². The molecule has 1 fully saturated rings. The van der Waals surface area contributed by atoms with Crippen molar-refractivity contribution in [3.05, 3.63) is 35.9 Å². The predicted octanol–water partition coefficient (Wildman–Crippen LogP) is 4.51. The molecule has 1 aliphatic carbocycles. The van der Waals surface area contributed by atoms with Gasteiger partial charge in [-0.2, -0.15) is 0 Å². The Morgan fingerprint density at radius 2 is 1.66 bits per heavy atom. The van der Waals surface area contributed by atoms with E-state index in [2.05, 4.69) is 29.8 Å². The van der Waals surface area contributed by atoms with Crippen LogP contribution in [0.4, 0.5) is 0 Å². The standard InChI is InChI=1S/C27H28O5/c1-5-7-8-9-20-30-22-13-10-21(11-14-22)12-19-25(28)31-23-15-17-24(18-16-23)32-26(29)27(3,4)6-2/h1,10-14,19,23-24H,6,15-18H2,2-4H3/b19-12+. The molecule has 1 aromatic carbocycles. The molecule has 0 atom stereocenters. The van der Waals surface area contributed by atoms with Gasteiger partial charge in [0.05, 0.1) is 5.41 Å². The SMILES string of the molecule is C#CC#CC#COc1ccc(/C=C/C(=O)OC2CCC(OC(=O)C(C)(C)CC)CC2)cc1. The van der Waals surface area contributed by atoms with Crippen LogP contribution in [0.15, 0.2) is 30.3 Å². The molecule has 5 heteroatoms. The third-order valence-corrected chi connectivity index (χ3v) is 5.32. The number of benzene rings is 1. The van der Waals surface area contributed by atoms with Crippen LogP contribution in [-0.2, 0) is 19.1 Å². The summed E-state index contributed by atoms with van der Waals surface area (Å²) < 4.78 is 16.4. The first-order valence-corrected chi connectivity index (χ1v) is 10.7. The van der Waals surface area contributed by atoms with Crippen molar-refractivity contribution in [1.82, 2.24) is 0 Å². The lowest BCUT2D eigenvalue weighted by Gasteiger charge is -2.30. The van der Waals surface area contributed by atoms with Gasteiger partial charge in [-0.05, 0) is 81.6 Å². The molecule has 0 N–H and O–H groups in total. The molecular weight excluding hydrogens is 404 g/mol. The second-order valence-corrected chi connectivity index (χ2v) is 8.10. The lowest BCUT2D eigenvalue weighted by molar-refractivity contribution is -0.164. The molecular formula is C27H28O5. The van der Waals surface area contributed by atoms with Gasteiger partial charge in [-0.3, -0.25) is 4.79 Å². The van der Waals surface area contributed by atoms with Gasteiger partial charge < -0.3 is 14.2 Å². The largest absolute Gasteiger partial charge is 0.462 e. The van der Waals surface area contributed by atoms with Crippen LogP contribution in [0.25, 0.3) is 6.08 Å². The summed E-state index contributed by atoms with van der Waals surface area (Å²) in [6.07, 6.45) is 13.7. The third-order valence-electron chi connectivity index (χ3n) is 5.32. The van der Waals surface area contributed by atoms with Gasteiger partial charge in [0.1, 0.15) is 24.1 Å². The predicted molar refractivity (Wildman–Crippen MR) is 123 cm³/mol. The fourth-order valence-corrected chi connectivity index (χ4v) is 2.92. The Morgan fingerprint density at radius 1 is 1.03 bits per heavy atom. The molecule has 5 nitrogen and oxygen atoms in total. The molecule has 0 bridgehead atoms. The van der Waals surface area contributed by atoms with E-state index in [0.717, 1.165) is 12.0 Å². The number of hydrogen-bond donors (Lipinski definition) is 0. The number of hydrogen-bond acceptors (Lipinski definition) is 5. The summed E-state index contributed by atoms with van der Waals surface area (Å²) in [6, 6.07) is 7.06. The molecule has 2 rings (SSSR count). The van der Waals surface area contributed by atoms with Crippen molar-refractivity contribution in [2.75, 3.05) is 0 Å². The van der Waals surface area contributed by atoms with E-state index < -0.39 is 11.4 Å². The normalized spacial score (nSPS) is 17.7. The van der Waals surface area contributed by atoms with Crippen LogP contribution in [-0.4, -0.2) is 24.1 Å². The summed E-state index contributed by atoms with van der Waals surface area (Å²) in [6.45, 7) is 5.76. The van der Waals surface area contributed by atoms with Crippen LogP contribution in [0.3, 0.4) is 0 Å². The zero-order valence-corrected chi connectivity index (χ0v) is 18.8. The number of terminal acetylenes is 1. The van der Waals surface area contributed by atoms with Crippen LogP contribution in [0.5, 0.6) is 5.75 Å². The van der Waals surface area contributed by atoms with Gasteiger partial charge in [-0.25, -0.2) is 4.79 Å². The average molecular weight is 433 g/mol. The van der Waals surface area contributed by atoms with Gasteiger partial charge in [-0.15, -0.1) is 6.42 Å². The Morgan fingerprint density at radius 3 is 2.25 bits per heavy atom. The Bertz CT molecular complexity index is 979. The van der Waals surface area contributed by atoms with Gasteiger partial charge in [-0.1, -0.05) is 19.1 Å². The number of carbonyl (C=O) groups is 2. The van der Waals surface area contributed by atoms with Crippen molar-refractivity contribution in [3.8, 4) is 42.0 Å². The Labute approximate surface area is 190 Å². The number of carbonyl (C=O) groups excluding carboxylic acids is 2. The first kappa shape index (κ1) is 24.6. The van der Waals surface area contributed by atoms with E-state index in [1.54, 1.807) is 30.3 Å². The van der Waals surface area contributed by atoms with Gasteiger partial charge in [0.25, 0.3) is 0 Å². The molecule has 0 unspecified atom stereocenters. The van der Waals surface area contributed by atoms with Crippen molar-refractivity contribution >= 4 is 18.0 Å². The second kappa shape index (κ2) is 12.3. The van der Waals surface area contributed by atoms with Gasteiger partial charge in [0, 0.05) is 17.9 Å². The number of rotatable bonds is 7. The minimum Gasteiger partial charge on any atom is -0.462 e. The fraction of sp³-hybridized carbons (Fsp3) is 0.407. The van der Waals surface area contributed by atoms with Gasteiger partial charge in [0.15, 0.2) is 0 Å². The molecule has 1 saturated carbocycles. The van der Waals surface area contributed by atoms with Crippen LogP contribution >= 0.6 is 0 Å². The summed E-state index contributed by atoms with van der Waals surface area (Å²) in [7, 11) is 0. The highest BCUT2D eigenvalue weighted by Gasteiger charge is 2.32. The van der Waals surface area contributed by atoms with Crippen molar-refractivity contribution in [1.29, 1.82) is 0 Å². The van der Waals surface area contributed by atoms with Crippen molar-refractivity contribution in [2.45, 2.75) is 65.1 Å². The van der Waals surface area contributed by atoms with Crippen LogP contribution in [0.2, 0.25) is 0 Å². The maximum Gasteiger partial charge on any atom is 0.331 e. The summed E-state index contributed by atoms with van der Waals surface area (Å²) in [5.74, 6) is 9.44. The van der Waals surface area contributed by atoms with E-state index in [0.29, 0.717) is 31.4 Å². The highest BCUT2D eigenvalue weighted by Crippen LogP contribution is 2.28. The van der Waals surface area contributed by atoms with E-state index in [9.17, 15) is 9.59 Å². The Kier molecular flexibility index (Phi) is 9.46. The first-order chi connectivity index (χ1) is 15.3. The summed E-state index contributed by atoms with van der Waals surface area (Å²) in [4.78, 5) is 24.4. The molecule has 0 aromatic heterocycles. The third kappa shape index (κ3) is 8.25. The molecule has 0 radical (unpaired) electrons. The fourth-order valence-electron chi connectivity index (χ4n) is 2.92. The molecule has 1 aromatic rings. The highest BCUT2D eigenvalue weighted by atomic mass is 16.6. The molecule has 1 aliphatic rings. The summed E-state index contributed by atoms with van der Waals surface area (Å²) >= 11 is 0. The van der Waals surface area contributed by atoms with E-state index in [1.807, 2.05) is 20.8 Å². The Balaban J connectivity index is 1.75. The van der Waals surface area contributed by atoms with E-state index in [-0.39, 0.29) is 18.2 Å². The highest BCUT2D eigenvalue weighted by molar-refractivity contribution is 5.87. The van der Waals surface area contributed by atoms with Crippen LogP contribution in [0.1, 0.15) is 58.4 Å².